The van der Waals surface area contributed by atoms with Crippen LogP contribution >= 0.6 is 0 Å². The van der Waals surface area contributed by atoms with Gasteiger partial charge in [0, 0.05) is 19.2 Å². The highest BCUT2D eigenvalue weighted by molar-refractivity contribution is 6.01. The first-order valence-corrected chi connectivity index (χ1v) is 6.94. The van der Waals surface area contributed by atoms with Crippen molar-refractivity contribution in [2.75, 3.05) is 18.0 Å². The van der Waals surface area contributed by atoms with E-state index in [9.17, 15) is 10.1 Å². The Kier molecular flexibility index (Phi) is 4.56. The predicted octanol–water partition coefficient (Wildman–Crippen LogP) is 1.71. The minimum absolute atomic E-state index is 0.168. The van der Waals surface area contributed by atoms with Gasteiger partial charge >= 0.3 is 0 Å². The maximum absolute atomic E-state index is 10.8. The van der Waals surface area contributed by atoms with Crippen molar-refractivity contribution in [3.8, 4) is 0 Å². The molecule has 0 amide bonds. The Morgan fingerprint density at radius 3 is 2.81 bits per heavy atom. The molecule has 1 aliphatic heterocycles. The predicted molar refractivity (Wildman–Crippen MR) is 78.6 cm³/mol. The molecule has 1 aliphatic rings. The average molecular weight is 293 g/mol. The normalized spacial score (nSPS) is 17.0. The zero-order valence-electron chi connectivity index (χ0n) is 11.9. The topological polar surface area (TPSA) is 118 Å². The number of pyridine rings is 1. The van der Waals surface area contributed by atoms with E-state index in [4.69, 9.17) is 10.9 Å². The Labute approximate surface area is 122 Å². The number of piperidine rings is 1. The molecule has 0 saturated carbocycles. The number of anilines is 1. The van der Waals surface area contributed by atoms with Gasteiger partial charge in [0.05, 0.1) is 10.5 Å². The highest BCUT2D eigenvalue weighted by Crippen LogP contribution is 2.27. The number of amidine groups is 1. The fourth-order valence-corrected chi connectivity index (χ4v) is 2.59. The molecule has 0 spiro atoms. The monoisotopic (exact) mass is 293 g/mol. The van der Waals surface area contributed by atoms with E-state index in [1.165, 1.54) is 12.3 Å². The third kappa shape index (κ3) is 3.21. The first-order valence-electron chi connectivity index (χ1n) is 6.94. The van der Waals surface area contributed by atoms with Crippen molar-refractivity contribution < 1.29 is 10.1 Å². The van der Waals surface area contributed by atoms with Gasteiger partial charge in [-0.1, -0.05) is 18.5 Å². The molecule has 0 radical (unpaired) electrons. The number of hydrogen-bond acceptors (Lipinski definition) is 6. The van der Waals surface area contributed by atoms with E-state index in [1.54, 1.807) is 0 Å². The summed E-state index contributed by atoms with van der Waals surface area (Å²) in [5.41, 5.74) is 5.75. The van der Waals surface area contributed by atoms with Crippen molar-refractivity contribution in [2.24, 2.45) is 16.8 Å². The molecule has 8 nitrogen and oxygen atoms in total. The molecular weight excluding hydrogens is 274 g/mol. The molecular formula is C13H19N5O3. The second-order valence-corrected chi connectivity index (χ2v) is 5.15. The van der Waals surface area contributed by atoms with Gasteiger partial charge in [-0.05, 0) is 18.8 Å². The maximum atomic E-state index is 10.8. The third-order valence-corrected chi connectivity index (χ3v) is 3.94. The number of nitrogens with zero attached hydrogens (tertiary/aromatic N) is 4. The van der Waals surface area contributed by atoms with E-state index in [-0.39, 0.29) is 11.5 Å². The summed E-state index contributed by atoms with van der Waals surface area (Å²) in [7, 11) is 0. The molecule has 2 rings (SSSR count). The summed E-state index contributed by atoms with van der Waals surface area (Å²) in [5.74, 6) is 1.07. The molecule has 0 aromatic carbocycles. The molecule has 21 heavy (non-hydrogen) atoms. The Bertz CT molecular complexity index is 553. The molecule has 1 saturated heterocycles. The molecule has 8 heteroatoms. The standard InChI is InChI=1S/C13H19N5O3/c1-2-9-3-5-17(6-4-9)13-11(12(14)16-19)7-10(8-15-13)18(20)21/h7-9,19H,2-6H2,1H3,(H2,14,16). The van der Waals surface area contributed by atoms with E-state index in [1.807, 2.05) is 4.90 Å². The summed E-state index contributed by atoms with van der Waals surface area (Å²) < 4.78 is 0. The van der Waals surface area contributed by atoms with E-state index in [0.717, 1.165) is 32.4 Å². The van der Waals surface area contributed by atoms with E-state index in [0.29, 0.717) is 17.3 Å². The Hall–Kier alpha value is -2.38. The molecule has 1 aromatic rings. The number of aromatic nitrogens is 1. The van der Waals surface area contributed by atoms with Crippen molar-refractivity contribution in [3.63, 3.8) is 0 Å². The zero-order valence-corrected chi connectivity index (χ0v) is 11.9. The van der Waals surface area contributed by atoms with Gasteiger partial charge in [0.15, 0.2) is 5.84 Å². The van der Waals surface area contributed by atoms with Gasteiger partial charge < -0.3 is 15.8 Å². The maximum Gasteiger partial charge on any atom is 0.288 e. The van der Waals surface area contributed by atoms with Crippen molar-refractivity contribution in [1.29, 1.82) is 0 Å². The van der Waals surface area contributed by atoms with Crippen LogP contribution in [0.15, 0.2) is 17.4 Å². The largest absolute Gasteiger partial charge is 0.409 e. The molecule has 2 heterocycles. The second-order valence-electron chi connectivity index (χ2n) is 5.15. The van der Waals surface area contributed by atoms with Crippen molar-refractivity contribution in [1.82, 2.24) is 4.98 Å². The van der Waals surface area contributed by atoms with Crippen molar-refractivity contribution in [2.45, 2.75) is 26.2 Å². The Morgan fingerprint density at radius 1 is 1.62 bits per heavy atom. The van der Waals surface area contributed by atoms with Crippen LogP contribution in [0.5, 0.6) is 0 Å². The number of rotatable bonds is 4. The van der Waals surface area contributed by atoms with E-state index < -0.39 is 4.92 Å². The lowest BCUT2D eigenvalue weighted by Gasteiger charge is -2.33. The van der Waals surface area contributed by atoms with Crippen LogP contribution < -0.4 is 10.6 Å². The lowest BCUT2D eigenvalue weighted by molar-refractivity contribution is -0.385. The molecule has 0 bridgehead atoms. The van der Waals surface area contributed by atoms with Gasteiger partial charge in [-0.15, -0.1) is 0 Å². The van der Waals surface area contributed by atoms with Gasteiger partial charge in [0.25, 0.3) is 5.69 Å². The Balaban J connectivity index is 2.32. The molecule has 0 unspecified atom stereocenters. The number of nitro groups is 1. The second kappa shape index (κ2) is 6.38. The van der Waals surface area contributed by atoms with Crippen LogP contribution in [0.25, 0.3) is 0 Å². The highest BCUT2D eigenvalue weighted by Gasteiger charge is 2.24. The van der Waals surface area contributed by atoms with Gasteiger partial charge in [-0.25, -0.2) is 4.98 Å². The lowest BCUT2D eigenvalue weighted by Crippen LogP contribution is -2.35. The third-order valence-electron chi connectivity index (χ3n) is 3.94. The Morgan fingerprint density at radius 2 is 2.29 bits per heavy atom. The summed E-state index contributed by atoms with van der Waals surface area (Å²) in [4.78, 5) is 16.5. The van der Waals surface area contributed by atoms with E-state index >= 15 is 0 Å². The quantitative estimate of drug-likeness (QED) is 0.287. The van der Waals surface area contributed by atoms with Crippen LogP contribution in [0.1, 0.15) is 31.7 Å². The van der Waals surface area contributed by atoms with Gasteiger partial charge in [-0.3, -0.25) is 10.1 Å². The summed E-state index contributed by atoms with van der Waals surface area (Å²) in [6.07, 6.45) is 4.44. The molecule has 3 N–H and O–H groups in total. The van der Waals surface area contributed by atoms with Crippen LogP contribution in [0, 0.1) is 16.0 Å². The summed E-state index contributed by atoms with van der Waals surface area (Å²) in [5, 5.41) is 22.7. The number of hydrogen-bond donors (Lipinski definition) is 2. The first-order chi connectivity index (χ1) is 10.1. The molecule has 1 aromatic heterocycles. The SMILES string of the molecule is CCC1CCN(c2ncc([N+](=O)[O-])cc2C(N)=NO)CC1. The van der Waals surface area contributed by atoms with Crippen LogP contribution in [0.4, 0.5) is 11.5 Å². The number of nitrogens with two attached hydrogens (primary N) is 1. The highest BCUT2D eigenvalue weighted by atomic mass is 16.6. The number of oxime groups is 1. The fraction of sp³-hybridized carbons (Fsp3) is 0.538. The molecule has 0 atom stereocenters. The minimum atomic E-state index is -0.547. The van der Waals surface area contributed by atoms with Gasteiger partial charge in [0.1, 0.15) is 12.0 Å². The van der Waals surface area contributed by atoms with Gasteiger partial charge in [-0.2, -0.15) is 0 Å². The summed E-state index contributed by atoms with van der Waals surface area (Å²) in [6.45, 7) is 3.80. The molecule has 114 valence electrons. The minimum Gasteiger partial charge on any atom is -0.409 e. The van der Waals surface area contributed by atoms with Gasteiger partial charge in [0.2, 0.25) is 0 Å². The smallest absolute Gasteiger partial charge is 0.288 e. The zero-order chi connectivity index (χ0) is 15.4. The van der Waals surface area contributed by atoms with Crippen LogP contribution in [-0.2, 0) is 0 Å². The molecule has 0 aliphatic carbocycles. The van der Waals surface area contributed by atoms with Crippen molar-refractivity contribution in [3.05, 3.63) is 27.9 Å². The van der Waals surface area contributed by atoms with Crippen LogP contribution in [0.2, 0.25) is 0 Å². The summed E-state index contributed by atoms with van der Waals surface area (Å²) >= 11 is 0. The first kappa shape index (κ1) is 15.0. The lowest BCUT2D eigenvalue weighted by atomic mass is 9.94. The van der Waals surface area contributed by atoms with Crippen LogP contribution in [-0.4, -0.2) is 34.0 Å². The summed E-state index contributed by atoms with van der Waals surface area (Å²) in [6, 6.07) is 1.29. The molecule has 1 fully saturated rings. The average Bonchev–Trinajstić information content (AvgIpc) is 2.53. The van der Waals surface area contributed by atoms with Crippen molar-refractivity contribution >= 4 is 17.3 Å². The van der Waals surface area contributed by atoms with Crippen LogP contribution in [0.3, 0.4) is 0 Å². The fourth-order valence-electron chi connectivity index (χ4n) is 2.59. The van der Waals surface area contributed by atoms with E-state index in [2.05, 4.69) is 17.1 Å².